The number of nitrogens with one attached hydrogen (secondary N) is 2. The highest BCUT2D eigenvalue weighted by molar-refractivity contribution is 5.93. The lowest BCUT2D eigenvalue weighted by Crippen LogP contribution is -2.24. The number of carbonyl (C=O) groups excluding carboxylic acids is 1. The average Bonchev–Trinajstić information content (AvgIpc) is 2.79. The van der Waals surface area contributed by atoms with Crippen LogP contribution in [0.2, 0.25) is 0 Å². The van der Waals surface area contributed by atoms with Crippen molar-refractivity contribution in [1.29, 1.82) is 0 Å². The van der Waals surface area contributed by atoms with Gasteiger partial charge in [-0.05, 0) is 23.8 Å². The lowest BCUT2D eigenvalue weighted by Gasteiger charge is -2.11. The molecule has 0 saturated heterocycles. The van der Waals surface area contributed by atoms with E-state index in [9.17, 15) is 4.79 Å². The number of hydrogen-bond acceptors (Lipinski definition) is 5. The summed E-state index contributed by atoms with van der Waals surface area (Å²) < 4.78 is 0. The first-order valence-corrected chi connectivity index (χ1v) is 9.21. The maximum atomic E-state index is 12.8. The van der Waals surface area contributed by atoms with Crippen molar-refractivity contribution in [1.82, 2.24) is 20.3 Å². The molecule has 29 heavy (non-hydrogen) atoms. The van der Waals surface area contributed by atoms with Crippen molar-refractivity contribution in [2.45, 2.75) is 6.54 Å². The highest BCUT2D eigenvalue weighted by Gasteiger charge is 2.13. The third-order valence-electron chi connectivity index (χ3n) is 4.21. The SMILES string of the molecule is O=C(NCc1cccnc1)c1cc(Nc2ccccc2)nc(-c2ccccc2)n1. The molecule has 1 amide bonds. The summed E-state index contributed by atoms with van der Waals surface area (Å²) in [5.74, 6) is 0.763. The van der Waals surface area contributed by atoms with Gasteiger partial charge < -0.3 is 10.6 Å². The van der Waals surface area contributed by atoms with Crippen LogP contribution in [0.5, 0.6) is 0 Å². The predicted octanol–water partition coefficient (Wildman–Crippen LogP) is 4.21. The Balaban J connectivity index is 1.62. The van der Waals surface area contributed by atoms with E-state index in [2.05, 4.69) is 25.6 Å². The van der Waals surface area contributed by atoms with Gasteiger partial charge in [0.05, 0.1) is 0 Å². The molecule has 0 aliphatic rings. The smallest absolute Gasteiger partial charge is 0.270 e. The van der Waals surface area contributed by atoms with E-state index < -0.39 is 0 Å². The number of benzene rings is 2. The summed E-state index contributed by atoms with van der Waals surface area (Å²) in [5, 5.41) is 6.13. The zero-order chi connectivity index (χ0) is 19.9. The van der Waals surface area contributed by atoms with Gasteiger partial charge in [0.25, 0.3) is 5.91 Å². The molecule has 0 radical (unpaired) electrons. The van der Waals surface area contributed by atoms with E-state index in [1.165, 1.54) is 0 Å². The fraction of sp³-hybridized carbons (Fsp3) is 0.0435. The summed E-state index contributed by atoms with van der Waals surface area (Å²) in [4.78, 5) is 25.9. The number of hydrogen-bond donors (Lipinski definition) is 2. The number of para-hydroxylation sites is 1. The number of carbonyl (C=O) groups is 1. The standard InChI is InChI=1S/C23H19N5O/c29-23(25-16-17-8-7-13-24-15-17)20-14-21(26-19-11-5-2-6-12-19)28-22(27-20)18-9-3-1-4-10-18/h1-15H,16H2,(H,25,29)(H,26,27,28). The normalized spacial score (nSPS) is 10.3. The summed E-state index contributed by atoms with van der Waals surface area (Å²) in [6.07, 6.45) is 3.42. The lowest BCUT2D eigenvalue weighted by atomic mass is 10.2. The van der Waals surface area contributed by atoms with Gasteiger partial charge in [-0.15, -0.1) is 0 Å². The first-order valence-electron chi connectivity index (χ1n) is 9.21. The fourth-order valence-corrected chi connectivity index (χ4v) is 2.79. The van der Waals surface area contributed by atoms with Crippen LogP contribution in [0.3, 0.4) is 0 Å². The van der Waals surface area contributed by atoms with Gasteiger partial charge in [0.15, 0.2) is 5.82 Å². The Morgan fingerprint density at radius 3 is 2.34 bits per heavy atom. The number of pyridine rings is 1. The summed E-state index contributed by atoms with van der Waals surface area (Å²) in [6.45, 7) is 0.374. The van der Waals surface area contributed by atoms with Gasteiger partial charge >= 0.3 is 0 Å². The van der Waals surface area contributed by atoms with Crippen LogP contribution in [0.1, 0.15) is 16.1 Å². The summed E-state index contributed by atoms with van der Waals surface area (Å²) in [5.41, 5.74) is 2.93. The molecule has 0 spiro atoms. The molecule has 2 aromatic carbocycles. The van der Waals surface area contributed by atoms with E-state index in [1.807, 2.05) is 72.8 Å². The van der Waals surface area contributed by atoms with Crippen molar-refractivity contribution >= 4 is 17.4 Å². The Morgan fingerprint density at radius 1 is 0.862 bits per heavy atom. The molecule has 0 saturated carbocycles. The van der Waals surface area contributed by atoms with Gasteiger partial charge in [-0.3, -0.25) is 9.78 Å². The van der Waals surface area contributed by atoms with Crippen molar-refractivity contribution in [3.63, 3.8) is 0 Å². The summed E-state index contributed by atoms with van der Waals surface area (Å²) in [6, 6.07) is 24.7. The quantitative estimate of drug-likeness (QED) is 0.523. The molecule has 142 valence electrons. The molecule has 2 aromatic heterocycles. The van der Waals surface area contributed by atoms with Crippen LogP contribution in [0.15, 0.2) is 91.3 Å². The minimum atomic E-state index is -0.274. The second-order valence-electron chi connectivity index (χ2n) is 6.36. The highest BCUT2D eigenvalue weighted by Crippen LogP contribution is 2.20. The molecule has 0 unspecified atom stereocenters. The number of anilines is 2. The Hall–Kier alpha value is -4.06. The molecule has 0 atom stereocenters. The Labute approximate surface area is 168 Å². The van der Waals surface area contributed by atoms with E-state index >= 15 is 0 Å². The van der Waals surface area contributed by atoms with E-state index in [0.717, 1.165) is 16.8 Å². The van der Waals surface area contributed by atoms with Gasteiger partial charge in [0, 0.05) is 36.3 Å². The Bertz CT molecular complexity index is 1090. The Kier molecular flexibility index (Phi) is 5.53. The number of amides is 1. The van der Waals surface area contributed by atoms with Crippen LogP contribution in [0, 0.1) is 0 Å². The average molecular weight is 381 g/mol. The molecule has 0 fully saturated rings. The zero-order valence-electron chi connectivity index (χ0n) is 15.6. The maximum Gasteiger partial charge on any atom is 0.270 e. The lowest BCUT2D eigenvalue weighted by molar-refractivity contribution is 0.0946. The highest BCUT2D eigenvalue weighted by atomic mass is 16.1. The van der Waals surface area contributed by atoms with E-state index in [1.54, 1.807) is 18.5 Å². The van der Waals surface area contributed by atoms with Gasteiger partial charge in [-0.2, -0.15) is 0 Å². The topological polar surface area (TPSA) is 79.8 Å². The molecule has 6 nitrogen and oxygen atoms in total. The number of rotatable bonds is 6. The third-order valence-corrected chi connectivity index (χ3v) is 4.21. The first-order chi connectivity index (χ1) is 14.3. The maximum absolute atomic E-state index is 12.8. The van der Waals surface area contributed by atoms with Crippen molar-refractivity contribution in [3.05, 3.63) is 103 Å². The first kappa shape index (κ1) is 18.3. The van der Waals surface area contributed by atoms with Crippen LogP contribution >= 0.6 is 0 Å². The molecule has 0 bridgehead atoms. The molecule has 2 heterocycles. The van der Waals surface area contributed by atoms with Crippen molar-refractivity contribution in [2.75, 3.05) is 5.32 Å². The second kappa shape index (κ2) is 8.75. The van der Waals surface area contributed by atoms with E-state index in [4.69, 9.17) is 0 Å². The van der Waals surface area contributed by atoms with E-state index in [-0.39, 0.29) is 5.91 Å². The third kappa shape index (κ3) is 4.81. The molecule has 6 heteroatoms. The van der Waals surface area contributed by atoms with Crippen LogP contribution in [-0.4, -0.2) is 20.9 Å². The molecule has 0 aliphatic heterocycles. The van der Waals surface area contributed by atoms with Crippen LogP contribution < -0.4 is 10.6 Å². The van der Waals surface area contributed by atoms with Gasteiger partial charge in [-0.1, -0.05) is 54.6 Å². The molecule has 4 aromatic rings. The summed E-state index contributed by atoms with van der Waals surface area (Å²) >= 11 is 0. The minimum Gasteiger partial charge on any atom is -0.347 e. The summed E-state index contributed by atoms with van der Waals surface area (Å²) in [7, 11) is 0. The second-order valence-corrected chi connectivity index (χ2v) is 6.36. The van der Waals surface area contributed by atoms with E-state index in [0.29, 0.717) is 23.9 Å². The number of aromatic nitrogens is 3. The predicted molar refractivity (Wildman–Crippen MR) is 113 cm³/mol. The van der Waals surface area contributed by atoms with Crippen LogP contribution in [0.4, 0.5) is 11.5 Å². The molecule has 2 N–H and O–H groups in total. The van der Waals surface area contributed by atoms with Crippen molar-refractivity contribution < 1.29 is 4.79 Å². The number of nitrogens with zero attached hydrogens (tertiary/aromatic N) is 3. The molecule has 4 rings (SSSR count). The van der Waals surface area contributed by atoms with Gasteiger partial charge in [0.2, 0.25) is 0 Å². The molecule has 0 aliphatic carbocycles. The van der Waals surface area contributed by atoms with Crippen molar-refractivity contribution in [3.8, 4) is 11.4 Å². The monoisotopic (exact) mass is 381 g/mol. The van der Waals surface area contributed by atoms with Crippen molar-refractivity contribution in [2.24, 2.45) is 0 Å². The minimum absolute atomic E-state index is 0.274. The zero-order valence-corrected chi connectivity index (χ0v) is 15.6. The largest absolute Gasteiger partial charge is 0.347 e. The van der Waals surface area contributed by atoms with Crippen LogP contribution in [0.25, 0.3) is 11.4 Å². The van der Waals surface area contributed by atoms with Crippen LogP contribution in [-0.2, 0) is 6.54 Å². The molecular weight excluding hydrogens is 362 g/mol. The molecular formula is C23H19N5O. The fourth-order valence-electron chi connectivity index (χ4n) is 2.79. The van der Waals surface area contributed by atoms with Gasteiger partial charge in [0.1, 0.15) is 11.5 Å². The van der Waals surface area contributed by atoms with Gasteiger partial charge in [-0.25, -0.2) is 9.97 Å². The Morgan fingerprint density at radius 2 is 1.62 bits per heavy atom.